The van der Waals surface area contributed by atoms with E-state index >= 15 is 0 Å². The number of rotatable bonds is 6. The minimum absolute atomic E-state index is 0.00654. The van der Waals surface area contributed by atoms with Crippen molar-refractivity contribution in [3.05, 3.63) is 28.3 Å². The Hall–Kier alpha value is -2.15. The molecule has 1 aromatic heterocycles. The van der Waals surface area contributed by atoms with E-state index in [1.807, 2.05) is 13.8 Å². The normalized spacial score (nSPS) is 12.5. The number of oxazole rings is 1. The maximum atomic E-state index is 10.9. The minimum atomic E-state index is -0.474. The van der Waals surface area contributed by atoms with E-state index in [9.17, 15) is 10.1 Å². The van der Waals surface area contributed by atoms with E-state index in [4.69, 9.17) is 9.15 Å². The molecule has 1 unspecified atom stereocenters. The number of ether oxygens (including phenoxy) is 1. The lowest BCUT2D eigenvalue weighted by molar-refractivity contribution is -0.383. The zero-order valence-electron chi connectivity index (χ0n) is 10.8. The van der Waals surface area contributed by atoms with Gasteiger partial charge >= 0.3 is 0 Å². The molecule has 0 spiro atoms. The van der Waals surface area contributed by atoms with Crippen molar-refractivity contribution in [1.82, 2.24) is 4.98 Å². The van der Waals surface area contributed by atoms with Crippen molar-refractivity contribution in [2.45, 2.75) is 19.9 Å². The minimum Gasteiger partial charge on any atom is -0.423 e. The third kappa shape index (κ3) is 3.00. The number of nitrogens with zero attached hydrogens (tertiary/aromatic N) is 2. The Morgan fingerprint density at radius 2 is 2.37 bits per heavy atom. The highest BCUT2D eigenvalue weighted by Crippen LogP contribution is 2.27. The fourth-order valence-electron chi connectivity index (χ4n) is 1.69. The SMILES string of the molecule is CCOCC(C)Nc1nc2c([N+](=O)[O-])cccc2o1. The second-order valence-electron chi connectivity index (χ2n) is 4.10. The summed E-state index contributed by atoms with van der Waals surface area (Å²) in [5, 5.41) is 13.9. The predicted octanol–water partition coefficient (Wildman–Crippen LogP) is 2.57. The van der Waals surface area contributed by atoms with Gasteiger partial charge in [-0.1, -0.05) is 6.07 Å². The fraction of sp³-hybridized carbons (Fsp3) is 0.417. The molecular weight excluding hydrogens is 250 g/mol. The van der Waals surface area contributed by atoms with Gasteiger partial charge in [-0.25, -0.2) is 0 Å². The molecule has 0 fully saturated rings. The van der Waals surface area contributed by atoms with Crippen molar-refractivity contribution in [1.29, 1.82) is 0 Å². The van der Waals surface area contributed by atoms with E-state index in [2.05, 4.69) is 10.3 Å². The molecular formula is C12H15N3O4. The summed E-state index contributed by atoms with van der Waals surface area (Å²) in [5.41, 5.74) is 0.575. The average Bonchev–Trinajstić information content (AvgIpc) is 2.77. The molecule has 7 nitrogen and oxygen atoms in total. The summed E-state index contributed by atoms with van der Waals surface area (Å²) in [6.07, 6.45) is 0. The molecule has 1 atom stereocenters. The number of hydrogen-bond acceptors (Lipinski definition) is 6. The van der Waals surface area contributed by atoms with Gasteiger partial charge in [-0.05, 0) is 19.9 Å². The Bertz CT molecular complexity index is 581. The number of non-ortho nitro benzene ring substituents is 1. The monoisotopic (exact) mass is 265 g/mol. The molecule has 0 saturated heterocycles. The standard InChI is InChI=1S/C12H15N3O4/c1-3-18-7-8(2)13-12-14-11-9(15(16)17)5-4-6-10(11)19-12/h4-6,8H,3,7H2,1-2H3,(H,13,14). The summed E-state index contributed by atoms with van der Waals surface area (Å²) in [6.45, 7) is 4.97. The summed E-state index contributed by atoms with van der Waals surface area (Å²) in [7, 11) is 0. The van der Waals surface area contributed by atoms with Crippen LogP contribution in [0.15, 0.2) is 22.6 Å². The molecule has 102 valence electrons. The molecule has 0 bridgehead atoms. The summed E-state index contributed by atoms with van der Waals surface area (Å²) >= 11 is 0. The van der Waals surface area contributed by atoms with Crippen LogP contribution in [-0.4, -0.2) is 29.2 Å². The molecule has 0 amide bonds. The summed E-state index contributed by atoms with van der Waals surface area (Å²) in [6, 6.07) is 4.88. The van der Waals surface area contributed by atoms with Gasteiger partial charge in [-0.3, -0.25) is 10.1 Å². The summed E-state index contributed by atoms with van der Waals surface area (Å²) in [5.74, 6) is 0. The van der Waals surface area contributed by atoms with E-state index in [0.29, 0.717) is 18.8 Å². The second kappa shape index (κ2) is 5.66. The van der Waals surface area contributed by atoms with Gasteiger partial charge in [-0.2, -0.15) is 4.98 Å². The number of para-hydroxylation sites is 1. The predicted molar refractivity (Wildman–Crippen MR) is 70.2 cm³/mol. The largest absolute Gasteiger partial charge is 0.423 e. The van der Waals surface area contributed by atoms with Crippen LogP contribution < -0.4 is 5.32 Å². The molecule has 1 N–H and O–H groups in total. The number of nitro groups is 1. The molecule has 1 heterocycles. The first-order chi connectivity index (χ1) is 9.11. The number of aromatic nitrogens is 1. The van der Waals surface area contributed by atoms with Gasteiger partial charge in [0.1, 0.15) is 0 Å². The van der Waals surface area contributed by atoms with Crippen molar-refractivity contribution in [2.24, 2.45) is 0 Å². The highest BCUT2D eigenvalue weighted by molar-refractivity contribution is 5.84. The zero-order chi connectivity index (χ0) is 13.8. The van der Waals surface area contributed by atoms with Crippen molar-refractivity contribution < 1.29 is 14.1 Å². The molecule has 1 aromatic carbocycles. The van der Waals surface area contributed by atoms with Gasteiger partial charge in [0, 0.05) is 12.7 Å². The number of nitrogens with one attached hydrogen (secondary N) is 1. The maximum Gasteiger partial charge on any atom is 0.298 e. The molecule has 7 heteroatoms. The molecule has 19 heavy (non-hydrogen) atoms. The Morgan fingerprint density at radius 3 is 3.05 bits per heavy atom. The van der Waals surface area contributed by atoms with Crippen molar-refractivity contribution in [2.75, 3.05) is 18.5 Å². The van der Waals surface area contributed by atoms with Crippen LogP contribution in [0.25, 0.3) is 11.1 Å². The lowest BCUT2D eigenvalue weighted by Gasteiger charge is -2.10. The Labute approximate surface area is 109 Å². The number of hydrogen-bond donors (Lipinski definition) is 1. The number of fused-ring (bicyclic) bond motifs is 1. The lowest BCUT2D eigenvalue weighted by atomic mass is 10.3. The van der Waals surface area contributed by atoms with Gasteiger partial charge in [0.25, 0.3) is 11.7 Å². The Balaban J connectivity index is 2.22. The molecule has 0 radical (unpaired) electrons. The van der Waals surface area contributed by atoms with Crippen LogP contribution in [-0.2, 0) is 4.74 Å². The highest BCUT2D eigenvalue weighted by Gasteiger charge is 2.18. The average molecular weight is 265 g/mol. The quantitative estimate of drug-likeness (QED) is 0.637. The molecule has 2 rings (SSSR count). The van der Waals surface area contributed by atoms with Crippen molar-refractivity contribution in [3.8, 4) is 0 Å². The van der Waals surface area contributed by atoms with E-state index in [0.717, 1.165) is 0 Å². The van der Waals surface area contributed by atoms with Crippen LogP contribution >= 0.6 is 0 Å². The molecule has 0 aliphatic heterocycles. The molecule has 0 aliphatic carbocycles. The maximum absolute atomic E-state index is 10.9. The first-order valence-corrected chi connectivity index (χ1v) is 6.00. The highest BCUT2D eigenvalue weighted by atomic mass is 16.6. The van der Waals surface area contributed by atoms with E-state index < -0.39 is 4.92 Å². The molecule has 0 aliphatic rings. The smallest absolute Gasteiger partial charge is 0.298 e. The zero-order valence-corrected chi connectivity index (χ0v) is 10.8. The third-order valence-corrected chi connectivity index (χ3v) is 2.54. The van der Waals surface area contributed by atoms with Crippen LogP contribution in [0.3, 0.4) is 0 Å². The van der Waals surface area contributed by atoms with Gasteiger partial charge in [0.2, 0.25) is 0 Å². The van der Waals surface area contributed by atoms with Crippen molar-refractivity contribution >= 4 is 22.8 Å². The van der Waals surface area contributed by atoms with Crippen LogP contribution in [0.2, 0.25) is 0 Å². The summed E-state index contributed by atoms with van der Waals surface area (Å²) < 4.78 is 10.7. The second-order valence-corrected chi connectivity index (χ2v) is 4.10. The number of anilines is 1. The molecule has 2 aromatic rings. The number of nitro benzene ring substituents is 1. The molecule has 0 saturated carbocycles. The van der Waals surface area contributed by atoms with Crippen LogP contribution in [0.1, 0.15) is 13.8 Å². The number of benzene rings is 1. The van der Waals surface area contributed by atoms with Gasteiger partial charge in [0.05, 0.1) is 17.6 Å². The fourth-order valence-corrected chi connectivity index (χ4v) is 1.69. The topological polar surface area (TPSA) is 90.4 Å². The first-order valence-electron chi connectivity index (χ1n) is 6.00. The van der Waals surface area contributed by atoms with Gasteiger partial charge < -0.3 is 14.5 Å². The van der Waals surface area contributed by atoms with Gasteiger partial charge in [-0.15, -0.1) is 0 Å². The van der Waals surface area contributed by atoms with E-state index in [-0.39, 0.29) is 23.3 Å². The Morgan fingerprint density at radius 1 is 1.58 bits per heavy atom. The van der Waals surface area contributed by atoms with Crippen LogP contribution in [0.4, 0.5) is 11.7 Å². The third-order valence-electron chi connectivity index (χ3n) is 2.54. The van der Waals surface area contributed by atoms with Crippen LogP contribution in [0.5, 0.6) is 0 Å². The summed E-state index contributed by atoms with van der Waals surface area (Å²) in [4.78, 5) is 14.5. The van der Waals surface area contributed by atoms with E-state index in [1.165, 1.54) is 6.07 Å². The Kier molecular flexibility index (Phi) is 3.96. The van der Waals surface area contributed by atoms with Gasteiger partial charge in [0.15, 0.2) is 11.1 Å². The lowest BCUT2D eigenvalue weighted by Crippen LogP contribution is -2.21. The van der Waals surface area contributed by atoms with Crippen molar-refractivity contribution in [3.63, 3.8) is 0 Å². The van der Waals surface area contributed by atoms with E-state index in [1.54, 1.807) is 12.1 Å². The van der Waals surface area contributed by atoms with Crippen LogP contribution in [0, 0.1) is 10.1 Å². The first kappa shape index (κ1) is 13.3.